The van der Waals surface area contributed by atoms with E-state index in [1.165, 1.54) is 19.3 Å². The van der Waals surface area contributed by atoms with Crippen molar-refractivity contribution in [1.29, 1.82) is 0 Å². The van der Waals surface area contributed by atoms with Gasteiger partial charge in [-0.15, -0.1) is 0 Å². The van der Waals surface area contributed by atoms with Crippen LogP contribution in [-0.2, 0) is 0 Å². The first-order valence-corrected chi connectivity index (χ1v) is 6.06. The van der Waals surface area contributed by atoms with E-state index in [4.69, 9.17) is 0 Å². The highest BCUT2D eigenvalue weighted by molar-refractivity contribution is 5.98. The van der Waals surface area contributed by atoms with Gasteiger partial charge in [0.1, 0.15) is 5.82 Å². The molecule has 1 saturated carbocycles. The number of anilines is 1. The van der Waals surface area contributed by atoms with Crippen molar-refractivity contribution < 1.29 is 4.79 Å². The quantitative estimate of drug-likeness (QED) is 0.836. The summed E-state index contributed by atoms with van der Waals surface area (Å²) in [6, 6.07) is 3.57. The van der Waals surface area contributed by atoms with Crippen LogP contribution in [0.5, 0.6) is 0 Å². The summed E-state index contributed by atoms with van der Waals surface area (Å²) < 4.78 is 0. The van der Waals surface area contributed by atoms with Gasteiger partial charge in [-0.2, -0.15) is 0 Å². The van der Waals surface area contributed by atoms with Crippen molar-refractivity contribution in [3.05, 3.63) is 23.9 Å². The second-order valence-corrected chi connectivity index (χ2v) is 5.00. The van der Waals surface area contributed by atoms with Crippen LogP contribution >= 0.6 is 0 Å². The molecule has 1 aliphatic rings. The number of carbonyl (C=O) groups excluding carboxylic acids is 1. The van der Waals surface area contributed by atoms with Crippen LogP contribution in [0.15, 0.2) is 18.3 Å². The molecular formula is C13H19N3O. The van der Waals surface area contributed by atoms with Gasteiger partial charge in [0, 0.05) is 19.8 Å². The molecule has 0 spiro atoms. The van der Waals surface area contributed by atoms with E-state index in [1.54, 1.807) is 25.4 Å². The van der Waals surface area contributed by atoms with Gasteiger partial charge < -0.3 is 10.6 Å². The molecule has 1 heterocycles. The number of rotatable bonds is 4. The van der Waals surface area contributed by atoms with Crippen LogP contribution in [0.4, 0.5) is 5.82 Å². The van der Waals surface area contributed by atoms with Gasteiger partial charge in [-0.1, -0.05) is 13.3 Å². The second-order valence-electron chi connectivity index (χ2n) is 5.00. The van der Waals surface area contributed by atoms with Gasteiger partial charge in [-0.3, -0.25) is 4.79 Å². The Hall–Kier alpha value is -1.58. The summed E-state index contributed by atoms with van der Waals surface area (Å²) >= 11 is 0. The summed E-state index contributed by atoms with van der Waals surface area (Å²) in [7, 11) is 1.77. The molecule has 1 aliphatic carbocycles. The fourth-order valence-corrected chi connectivity index (χ4v) is 2.13. The van der Waals surface area contributed by atoms with Gasteiger partial charge in [-0.25, -0.2) is 4.98 Å². The van der Waals surface area contributed by atoms with Crippen LogP contribution in [0.3, 0.4) is 0 Å². The maximum atomic E-state index is 12.0. The van der Waals surface area contributed by atoms with E-state index >= 15 is 0 Å². The second kappa shape index (κ2) is 4.73. The summed E-state index contributed by atoms with van der Waals surface area (Å²) in [5, 5.41) is 5.93. The van der Waals surface area contributed by atoms with Crippen LogP contribution in [-0.4, -0.2) is 24.5 Å². The summed E-state index contributed by atoms with van der Waals surface area (Å²) in [5.74, 6) is 0.583. The van der Waals surface area contributed by atoms with Crippen LogP contribution in [0, 0.1) is 5.41 Å². The number of pyridine rings is 1. The number of hydrogen-bond donors (Lipinski definition) is 2. The normalized spacial score (nSPS) is 17.1. The zero-order valence-electron chi connectivity index (χ0n) is 10.4. The minimum Gasteiger partial charge on any atom is -0.372 e. The van der Waals surface area contributed by atoms with Gasteiger partial charge in [-0.05, 0) is 30.4 Å². The Labute approximate surface area is 102 Å². The third kappa shape index (κ3) is 2.57. The Bertz CT molecular complexity index is 413. The Morgan fingerprint density at radius 1 is 1.53 bits per heavy atom. The predicted molar refractivity (Wildman–Crippen MR) is 68.1 cm³/mol. The Morgan fingerprint density at radius 3 is 2.88 bits per heavy atom. The highest BCUT2D eigenvalue weighted by atomic mass is 16.1. The van der Waals surface area contributed by atoms with Gasteiger partial charge >= 0.3 is 0 Å². The molecule has 0 radical (unpaired) electrons. The topological polar surface area (TPSA) is 54.0 Å². The van der Waals surface area contributed by atoms with E-state index in [1.807, 2.05) is 0 Å². The highest BCUT2D eigenvalue weighted by Gasteiger charge is 2.32. The smallest absolute Gasteiger partial charge is 0.255 e. The van der Waals surface area contributed by atoms with E-state index in [0.717, 1.165) is 6.54 Å². The van der Waals surface area contributed by atoms with Gasteiger partial charge in [0.25, 0.3) is 5.91 Å². The van der Waals surface area contributed by atoms with Crippen molar-refractivity contribution >= 4 is 11.7 Å². The third-order valence-electron chi connectivity index (χ3n) is 3.53. The van der Waals surface area contributed by atoms with E-state index in [9.17, 15) is 4.79 Å². The maximum Gasteiger partial charge on any atom is 0.255 e. The average Bonchev–Trinajstić information content (AvgIpc) is 2.33. The van der Waals surface area contributed by atoms with Crippen molar-refractivity contribution in [3.63, 3.8) is 0 Å². The molecule has 0 aliphatic heterocycles. The average molecular weight is 233 g/mol. The van der Waals surface area contributed by atoms with Crippen molar-refractivity contribution in [1.82, 2.24) is 10.3 Å². The highest BCUT2D eigenvalue weighted by Crippen LogP contribution is 2.39. The van der Waals surface area contributed by atoms with E-state index in [2.05, 4.69) is 22.5 Å². The monoisotopic (exact) mass is 233 g/mol. The van der Waals surface area contributed by atoms with E-state index in [-0.39, 0.29) is 5.91 Å². The molecule has 4 heteroatoms. The fourth-order valence-electron chi connectivity index (χ4n) is 2.13. The molecule has 0 atom stereocenters. The maximum absolute atomic E-state index is 12.0. The molecule has 17 heavy (non-hydrogen) atoms. The van der Waals surface area contributed by atoms with Crippen LogP contribution in [0.2, 0.25) is 0 Å². The third-order valence-corrected chi connectivity index (χ3v) is 3.53. The fraction of sp³-hybridized carbons (Fsp3) is 0.538. The zero-order valence-corrected chi connectivity index (χ0v) is 10.4. The molecule has 0 saturated heterocycles. The predicted octanol–water partition coefficient (Wildman–Crippen LogP) is 2.04. The van der Waals surface area contributed by atoms with E-state index in [0.29, 0.717) is 16.8 Å². The van der Waals surface area contributed by atoms with Crippen molar-refractivity contribution in [2.75, 3.05) is 18.9 Å². The lowest BCUT2D eigenvalue weighted by Gasteiger charge is -2.38. The summed E-state index contributed by atoms with van der Waals surface area (Å²) in [5.41, 5.74) is 0.912. The van der Waals surface area contributed by atoms with Crippen LogP contribution in [0.25, 0.3) is 0 Å². The van der Waals surface area contributed by atoms with Gasteiger partial charge in [0.2, 0.25) is 0 Å². The zero-order chi connectivity index (χ0) is 12.3. The molecule has 0 bridgehead atoms. The first-order valence-electron chi connectivity index (χ1n) is 6.06. The van der Waals surface area contributed by atoms with Gasteiger partial charge in [0.15, 0.2) is 0 Å². The lowest BCUT2D eigenvalue weighted by molar-refractivity contribution is 0.0891. The number of carbonyl (C=O) groups is 1. The molecule has 92 valence electrons. The Morgan fingerprint density at radius 2 is 2.29 bits per heavy atom. The Balaban J connectivity index is 1.99. The molecule has 1 amide bonds. The number of aromatic nitrogens is 1. The van der Waals surface area contributed by atoms with Crippen LogP contribution < -0.4 is 10.6 Å². The molecule has 2 N–H and O–H groups in total. The summed E-state index contributed by atoms with van der Waals surface area (Å²) in [4.78, 5) is 16.1. The molecular weight excluding hydrogens is 214 g/mol. The number of amides is 1. The minimum atomic E-state index is -0.0458. The van der Waals surface area contributed by atoms with Crippen LogP contribution in [0.1, 0.15) is 36.5 Å². The van der Waals surface area contributed by atoms with Gasteiger partial charge in [0.05, 0.1) is 5.56 Å². The Kier molecular flexibility index (Phi) is 3.31. The molecule has 0 unspecified atom stereocenters. The van der Waals surface area contributed by atoms with Crippen molar-refractivity contribution in [2.24, 2.45) is 5.41 Å². The summed E-state index contributed by atoms with van der Waals surface area (Å²) in [6.07, 6.45) is 5.37. The standard InChI is InChI=1S/C13H19N3O/c1-13(6-4-7-13)9-16-12(17)10-5-3-8-15-11(10)14-2/h3,5,8H,4,6-7,9H2,1-2H3,(H,14,15)(H,16,17). The minimum absolute atomic E-state index is 0.0458. The molecule has 1 fully saturated rings. The number of nitrogens with zero attached hydrogens (tertiary/aromatic N) is 1. The number of nitrogens with one attached hydrogen (secondary N) is 2. The van der Waals surface area contributed by atoms with Crippen molar-refractivity contribution in [3.8, 4) is 0 Å². The first kappa shape index (κ1) is 11.9. The molecule has 0 aromatic carbocycles. The summed E-state index contributed by atoms with van der Waals surface area (Å²) in [6.45, 7) is 2.98. The lowest BCUT2D eigenvalue weighted by Crippen LogP contribution is -2.40. The van der Waals surface area contributed by atoms with Crippen molar-refractivity contribution in [2.45, 2.75) is 26.2 Å². The van der Waals surface area contributed by atoms with E-state index < -0.39 is 0 Å². The first-order chi connectivity index (χ1) is 8.14. The molecule has 1 aromatic heterocycles. The lowest BCUT2D eigenvalue weighted by atomic mass is 9.70. The molecule has 4 nitrogen and oxygen atoms in total. The molecule has 1 aromatic rings. The number of hydrogen-bond acceptors (Lipinski definition) is 3. The largest absolute Gasteiger partial charge is 0.372 e. The molecule has 2 rings (SSSR count). The SMILES string of the molecule is CNc1ncccc1C(=O)NCC1(C)CCC1.